The third-order valence-corrected chi connectivity index (χ3v) is 4.57. The van der Waals surface area contributed by atoms with E-state index in [9.17, 15) is 14.9 Å². The number of benzene rings is 1. The number of hydrogen-bond donors (Lipinski definition) is 1. The summed E-state index contributed by atoms with van der Waals surface area (Å²) in [6.07, 6.45) is 4.34. The van der Waals surface area contributed by atoms with E-state index in [0.29, 0.717) is 10.8 Å². The molecule has 1 aromatic heterocycles. The molecular formula is C15H17N5O3S. The number of hydrogen-bond acceptors (Lipinski definition) is 7. The van der Waals surface area contributed by atoms with Crippen LogP contribution >= 0.6 is 11.3 Å². The predicted molar refractivity (Wildman–Crippen MR) is 91.6 cm³/mol. The fourth-order valence-corrected chi connectivity index (χ4v) is 3.23. The molecule has 1 aromatic carbocycles. The lowest BCUT2D eigenvalue weighted by Gasteiger charge is -2.22. The van der Waals surface area contributed by atoms with Gasteiger partial charge < -0.3 is 4.90 Å². The van der Waals surface area contributed by atoms with Crippen molar-refractivity contribution in [2.75, 3.05) is 23.3 Å². The molecule has 8 nitrogen and oxygen atoms in total. The number of nitro groups is 1. The van der Waals surface area contributed by atoms with Gasteiger partial charge in [-0.1, -0.05) is 24.2 Å². The van der Waals surface area contributed by atoms with Crippen molar-refractivity contribution in [2.45, 2.75) is 25.7 Å². The number of carbonyl (C=O) groups is 1. The third kappa shape index (κ3) is 3.67. The topological polar surface area (TPSA) is 101 Å². The first-order valence-electron chi connectivity index (χ1n) is 7.76. The largest absolute Gasteiger partial charge is 0.366 e. The summed E-state index contributed by atoms with van der Waals surface area (Å²) >= 11 is 1.19. The van der Waals surface area contributed by atoms with Crippen LogP contribution in [-0.4, -0.2) is 34.1 Å². The van der Waals surface area contributed by atoms with Crippen LogP contribution in [0.25, 0.3) is 0 Å². The van der Waals surface area contributed by atoms with Gasteiger partial charge in [0.05, 0.1) is 4.92 Å². The Bertz CT molecular complexity index is 727. The minimum absolute atomic E-state index is 0.0400. The van der Waals surface area contributed by atoms with E-state index in [1.807, 2.05) is 4.90 Å². The summed E-state index contributed by atoms with van der Waals surface area (Å²) in [5.41, 5.74) is 2.27. The first-order chi connectivity index (χ1) is 11.6. The van der Waals surface area contributed by atoms with Gasteiger partial charge in [0.15, 0.2) is 0 Å². The number of nitrogens with one attached hydrogen (secondary N) is 1. The predicted octanol–water partition coefficient (Wildman–Crippen LogP) is 3.08. The van der Waals surface area contributed by atoms with Gasteiger partial charge in [-0.25, -0.2) is 0 Å². The number of aromatic nitrogens is 2. The minimum atomic E-state index is -0.433. The summed E-state index contributed by atoms with van der Waals surface area (Å²) in [5, 5.41) is 21.8. The van der Waals surface area contributed by atoms with Crippen LogP contribution in [-0.2, 0) is 0 Å². The molecule has 9 heteroatoms. The Balaban J connectivity index is 1.86. The molecule has 0 unspecified atom stereocenters. The molecule has 0 radical (unpaired) electrons. The summed E-state index contributed by atoms with van der Waals surface area (Å²) in [4.78, 5) is 25.3. The van der Waals surface area contributed by atoms with Crippen molar-refractivity contribution in [3.63, 3.8) is 0 Å². The molecule has 126 valence electrons. The Morgan fingerprint density at radius 1 is 1.25 bits per heavy atom. The van der Waals surface area contributed by atoms with Crippen LogP contribution in [0.3, 0.4) is 0 Å². The molecular weight excluding hydrogens is 330 g/mol. The van der Waals surface area contributed by atoms with Crippen LogP contribution in [0.1, 0.15) is 36.0 Å². The van der Waals surface area contributed by atoms with Crippen LogP contribution in [0.15, 0.2) is 23.7 Å². The van der Waals surface area contributed by atoms with Crippen molar-refractivity contribution in [1.82, 2.24) is 10.2 Å². The van der Waals surface area contributed by atoms with Crippen molar-refractivity contribution >= 4 is 33.8 Å². The van der Waals surface area contributed by atoms with Crippen molar-refractivity contribution in [2.24, 2.45) is 0 Å². The molecule has 24 heavy (non-hydrogen) atoms. The molecule has 0 bridgehead atoms. The van der Waals surface area contributed by atoms with E-state index in [0.717, 1.165) is 38.8 Å². The van der Waals surface area contributed by atoms with Crippen molar-refractivity contribution in [1.29, 1.82) is 0 Å². The Labute approximate surface area is 142 Å². The average Bonchev–Trinajstić information content (AvgIpc) is 2.94. The van der Waals surface area contributed by atoms with Crippen LogP contribution in [0.5, 0.6) is 0 Å². The highest BCUT2D eigenvalue weighted by Crippen LogP contribution is 2.31. The van der Waals surface area contributed by atoms with Crippen molar-refractivity contribution in [3.8, 4) is 0 Å². The molecule has 3 rings (SSSR count). The van der Waals surface area contributed by atoms with E-state index in [4.69, 9.17) is 0 Å². The normalized spacial score (nSPS) is 14.9. The summed E-state index contributed by atoms with van der Waals surface area (Å²) in [6.45, 7) is 1.61. The first kappa shape index (κ1) is 16.3. The summed E-state index contributed by atoms with van der Waals surface area (Å²) in [6, 6.07) is 4.61. The molecule has 1 aliphatic rings. The van der Waals surface area contributed by atoms with Gasteiger partial charge in [-0.2, -0.15) is 0 Å². The van der Waals surface area contributed by atoms with Gasteiger partial charge >= 0.3 is 0 Å². The molecule has 0 aliphatic carbocycles. The first-order valence-corrected chi connectivity index (χ1v) is 8.64. The summed E-state index contributed by atoms with van der Waals surface area (Å²) in [5.74, 6) is -0.433. The Morgan fingerprint density at radius 2 is 2.00 bits per heavy atom. The van der Waals surface area contributed by atoms with Gasteiger partial charge in [0.2, 0.25) is 5.13 Å². The zero-order valence-corrected chi connectivity index (χ0v) is 13.8. The number of carbonyl (C=O) groups excluding carboxylic acids is 1. The molecule has 1 fully saturated rings. The van der Waals surface area contributed by atoms with Crippen LogP contribution in [0, 0.1) is 10.1 Å². The van der Waals surface area contributed by atoms with E-state index in [-0.39, 0.29) is 11.3 Å². The van der Waals surface area contributed by atoms with E-state index in [1.165, 1.54) is 22.9 Å². The second kappa shape index (κ2) is 7.35. The SMILES string of the molecule is O=C(Nc1nncs1)c1ccc(N2CCCCCC2)c([N+](=O)[O-])c1. The monoisotopic (exact) mass is 347 g/mol. The van der Waals surface area contributed by atoms with E-state index in [2.05, 4.69) is 15.5 Å². The molecule has 1 N–H and O–H groups in total. The minimum Gasteiger partial charge on any atom is -0.366 e. The van der Waals surface area contributed by atoms with E-state index < -0.39 is 10.8 Å². The number of rotatable bonds is 4. The fourth-order valence-electron chi connectivity index (χ4n) is 2.79. The van der Waals surface area contributed by atoms with Crippen molar-refractivity contribution < 1.29 is 9.72 Å². The Morgan fingerprint density at radius 3 is 2.62 bits per heavy atom. The molecule has 1 saturated heterocycles. The lowest BCUT2D eigenvalue weighted by atomic mass is 10.1. The average molecular weight is 347 g/mol. The summed E-state index contributed by atoms with van der Waals surface area (Å²) in [7, 11) is 0. The lowest BCUT2D eigenvalue weighted by molar-refractivity contribution is -0.384. The maximum Gasteiger partial charge on any atom is 0.293 e. The number of anilines is 2. The van der Waals surface area contributed by atoms with Crippen LogP contribution in [0.4, 0.5) is 16.5 Å². The second-order valence-electron chi connectivity index (χ2n) is 5.56. The zero-order valence-electron chi connectivity index (χ0n) is 13.0. The van der Waals surface area contributed by atoms with Gasteiger partial charge in [-0.15, -0.1) is 10.2 Å². The standard InChI is InChI=1S/C15H17N5O3S/c21-14(17-15-18-16-10-24-15)11-5-6-12(13(9-11)20(22)23)19-7-3-1-2-4-8-19/h5-6,9-10H,1-4,7-8H2,(H,17,18,21). The van der Waals surface area contributed by atoms with Gasteiger partial charge in [-0.3, -0.25) is 20.2 Å². The molecule has 0 atom stereocenters. The van der Waals surface area contributed by atoms with Crippen LogP contribution in [0.2, 0.25) is 0 Å². The number of nitro benzene ring substituents is 1. The van der Waals surface area contributed by atoms with Gasteiger partial charge in [0, 0.05) is 24.7 Å². The maximum atomic E-state index is 12.2. The highest BCUT2D eigenvalue weighted by atomic mass is 32.1. The Hall–Kier alpha value is -2.55. The van der Waals surface area contributed by atoms with E-state index in [1.54, 1.807) is 12.1 Å². The van der Waals surface area contributed by atoms with Gasteiger partial charge in [0.25, 0.3) is 11.6 Å². The van der Waals surface area contributed by atoms with Crippen LogP contribution < -0.4 is 10.2 Å². The molecule has 1 aliphatic heterocycles. The maximum absolute atomic E-state index is 12.2. The van der Waals surface area contributed by atoms with Gasteiger partial charge in [-0.05, 0) is 25.0 Å². The molecule has 0 saturated carbocycles. The number of amides is 1. The molecule has 1 amide bonds. The fraction of sp³-hybridized carbons (Fsp3) is 0.400. The smallest absolute Gasteiger partial charge is 0.293 e. The zero-order chi connectivity index (χ0) is 16.9. The molecule has 2 aromatic rings. The lowest BCUT2D eigenvalue weighted by Crippen LogP contribution is -2.25. The highest BCUT2D eigenvalue weighted by molar-refractivity contribution is 7.13. The quantitative estimate of drug-likeness (QED) is 0.674. The second-order valence-corrected chi connectivity index (χ2v) is 6.39. The molecule has 0 spiro atoms. The summed E-state index contributed by atoms with van der Waals surface area (Å²) < 4.78 is 0. The van der Waals surface area contributed by atoms with Gasteiger partial charge in [0.1, 0.15) is 11.2 Å². The highest BCUT2D eigenvalue weighted by Gasteiger charge is 2.22. The van der Waals surface area contributed by atoms with E-state index >= 15 is 0 Å². The van der Waals surface area contributed by atoms with Crippen molar-refractivity contribution in [3.05, 3.63) is 39.4 Å². The number of nitrogens with zero attached hydrogens (tertiary/aromatic N) is 4. The molecule has 2 heterocycles. The Kier molecular flexibility index (Phi) is 4.99. The third-order valence-electron chi connectivity index (χ3n) is 3.96.